The highest BCUT2D eigenvalue weighted by Gasteiger charge is 2.08. The number of halogens is 2. The van der Waals surface area contributed by atoms with Crippen LogP contribution in [-0.2, 0) is 0 Å². The molecule has 0 aliphatic carbocycles. The molecule has 0 atom stereocenters. The van der Waals surface area contributed by atoms with Crippen molar-refractivity contribution in [2.75, 3.05) is 5.32 Å². The maximum Gasteiger partial charge on any atom is 0.180 e. The fourth-order valence-corrected chi connectivity index (χ4v) is 2.41. The van der Waals surface area contributed by atoms with Crippen LogP contribution in [0, 0.1) is 6.92 Å². The first-order valence-electron chi connectivity index (χ1n) is 5.66. The molecule has 2 heterocycles. The summed E-state index contributed by atoms with van der Waals surface area (Å²) in [7, 11) is 0. The summed E-state index contributed by atoms with van der Waals surface area (Å²) in [6.45, 7) is 2.01. The predicted octanol–water partition coefficient (Wildman–Crippen LogP) is 4.20. The van der Waals surface area contributed by atoms with Gasteiger partial charge in [0.25, 0.3) is 0 Å². The molecule has 0 amide bonds. The van der Waals surface area contributed by atoms with Crippen molar-refractivity contribution in [1.82, 2.24) is 14.4 Å². The SMILES string of the molecule is Cc1ccc(Cl)c(Nc2nc(Br)cn3ccnc23)c1. The Labute approximate surface area is 123 Å². The van der Waals surface area contributed by atoms with E-state index < -0.39 is 0 Å². The Morgan fingerprint density at radius 2 is 2.21 bits per heavy atom. The minimum atomic E-state index is 0.650. The zero-order chi connectivity index (χ0) is 13.4. The molecule has 3 rings (SSSR count). The normalized spacial score (nSPS) is 10.9. The monoisotopic (exact) mass is 336 g/mol. The van der Waals surface area contributed by atoms with Gasteiger partial charge in [-0.2, -0.15) is 0 Å². The fraction of sp³-hybridized carbons (Fsp3) is 0.0769. The Balaban J connectivity index is 2.10. The molecule has 0 spiro atoms. The largest absolute Gasteiger partial charge is 0.336 e. The van der Waals surface area contributed by atoms with Gasteiger partial charge in [0, 0.05) is 18.6 Å². The average molecular weight is 338 g/mol. The van der Waals surface area contributed by atoms with Crippen molar-refractivity contribution < 1.29 is 0 Å². The summed E-state index contributed by atoms with van der Waals surface area (Å²) in [5.74, 6) is 0.659. The van der Waals surface area contributed by atoms with Gasteiger partial charge in [0.1, 0.15) is 4.60 Å². The van der Waals surface area contributed by atoms with Crippen molar-refractivity contribution in [3.63, 3.8) is 0 Å². The summed E-state index contributed by atoms with van der Waals surface area (Å²) in [4.78, 5) is 8.69. The van der Waals surface area contributed by atoms with Gasteiger partial charge in [-0.25, -0.2) is 9.97 Å². The Hall–Kier alpha value is -1.59. The number of rotatable bonds is 2. The molecule has 19 heavy (non-hydrogen) atoms. The van der Waals surface area contributed by atoms with Crippen molar-refractivity contribution in [1.29, 1.82) is 0 Å². The lowest BCUT2D eigenvalue weighted by molar-refractivity contribution is 1.10. The molecule has 2 aromatic heterocycles. The van der Waals surface area contributed by atoms with Crippen LogP contribution in [0.5, 0.6) is 0 Å². The first kappa shape index (κ1) is 12.4. The molecule has 0 radical (unpaired) electrons. The van der Waals surface area contributed by atoms with E-state index in [1.807, 2.05) is 41.9 Å². The van der Waals surface area contributed by atoms with Crippen molar-refractivity contribution in [3.05, 3.63) is 52.0 Å². The van der Waals surface area contributed by atoms with Crippen LogP contribution in [0.3, 0.4) is 0 Å². The van der Waals surface area contributed by atoms with E-state index in [-0.39, 0.29) is 0 Å². The van der Waals surface area contributed by atoms with Crippen LogP contribution >= 0.6 is 27.5 Å². The van der Waals surface area contributed by atoms with E-state index in [9.17, 15) is 0 Å². The topological polar surface area (TPSA) is 42.2 Å². The van der Waals surface area contributed by atoms with E-state index >= 15 is 0 Å². The molecule has 0 fully saturated rings. The molecule has 1 N–H and O–H groups in total. The van der Waals surface area contributed by atoms with Crippen LogP contribution in [-0.4, -0.2) is 14.4 Å². The summed E-state index contributed by atoms with van der Waals surface area (Å²) < 4.78 is 2.62. The number of nitrogens with zero attached hydrogens (tertiary/aromatic N) is 3. The molecule has 0 aliphatic heterocycles. The zero-order valence-electron chi connectivity index (χ0n) is 10.1. The number of aryl methyl sites for hydroxylation is 1. The zero-order valence-corrected chi connectivity index (χ0v) is 12.4. The molecule has 0 saturated carbocycles. The second-order valence-corrected chi connectivity index (χ2v) is 5.40. The lowest BCUT2D eigenvalue weighted by Gasteiger charge is -2.10. The van der Waals surface area contributed by atoms with E-state index in [1.165, 1.54) is 0 Å². The molecule has 0 saturated heterocycles. The first-order valence-corrected chi connectivity index (χ1v) is 6.83. The van der Waals surface area contributed by atoms with E-state index in [0.29, 0.717) is 10.8 Å². The molecule has 4 nitrogen and oxygen atoms in total. The number of fused-ring (bicyclic) bond motifs is 1. The number of imidazole rings is 1. The van der Waals surface area contributed by atoms with Crippen LogP contribution in [0.4, 0.5) is 11.5 Å². The second-order valence-electron chi connectivity index (χ2n) is 4.18. The maximum absolute atomic E-state index is 6.18. The van der Waals surface area contributed by atoms with Gasteiger partial charge in [-0.15, -0.1) is 0 Å². The smallest absolute Gasteiger partial charge is 0.180 e. The quantitative estimate of drug-likeness (QED) is 0.762. The van der Waals surface area contributed by atoms with Gasteiger partial charge in [-0.3, -0.25) is 0 Å². The highest BCUT2D eigenvalue weighted by atomic mass is 79.9. The van der Waals surface area contributed by atoms with E-state index in [4.69, 9.17) is 11.6 Å². The molecule has 6 heteroatoms. The highest BCUT2D eigenvalue weighted by Crippen LogP contribution is 2.27. The van der Waals surface area contributed by atoms with Crippen LogP contribution < -0.4 is 5.32 Å². The van der Waals surface area contributed by atoms with Gasteiger partial charge in [0.05, 0.1) is 10.7 Å². The summed E-state index contributed by atoms with van der Waals surface area (Å²) in [6, 6.07) is 5.80. The molecule has 0 bridgehead atoms. The van der Waals surface area contributed by atoms with Crippen LogP contribution in [0.15, 0.2) is 41.4 Å². The van der Waals surface area contributed by atoms with Crippen LogP contribution in [0.25, 0.3) is 5.65 Å². The predicted molar refractivity (Wildman–Crippen MR) is 80.2 cm³/mol. The third-order valence-corrected chi connectivity index (χ3v) is 3.43. The Morgan fingerprint density at radius 3 is 3.05 bits per heavy atom. The summed E-state index contributed by atoms with van der Waals surface area (Å²) in [5, 5.41) is 3.88. The van der Waals surface area contributed by atoms with E-state index in [0.717, 1.165) is 21.5 Å². The van der Waals surface area contributed by atoms with Crippen molar-refractivity contribution in [2.24, 2.45) is 0 Å². The third-order valence-electron chi connectivity index (χ3n) is 2.72. The molecule has 96 valence electrons. The van der Waals surface area contributed by atoms with Gasteiger partial charge in [0.2, 0.25) is 0 Å². The van der Waals surface area contributed by atoms with Crippen molar-refractivity contribution in [3.8, 4) is 0 Å². The summed E-state index contributed by atoms with van der Waals surface area (Å²) in [6.07, 6.45) is 5.45. The number of hydrogen-bond acceptors (Lipinski definition) is 3. The lowest BCUT2D eigenvalue weighted by Crippen LogP contribution is -1.99. The van der Waals surface area contributed by atoms with Crippen LogP contribution in [0.2, 0.25) is 5.02 Å². The van der Waals surface area contributed by atoms with Gasteiger partial charge in [0.15, 0.2) is 11.5 Å². The van der Waals surface area contributed by atoms with Crippen LogP contribution in [0.1, 0.15) is 5.56 Å². The second kappa shape index (κ2) is 4.83. The van der Waals surface area contributed by atoms with Gasteiger partial charge in [-0.1, -0.05) is 17.7 Å². The van der Waals surface area contributed by atoms with Gasteiger partial charge >= 0.3 is 0 Å². The molecule has 3 aromatic rings. The average Bonchev–Trinajstić information content (AvgIpc) is 2.82. The Bertz CT molecular complexity index is 753. The first-order chi connectivity index (χ1) is 9.13. The Kier molecular flexibility index (Phi) is 3.16. The van der Waals surface area contributed by atoms with Crippen molar-refractivity contribution in [2.45, 2.75) is 6.92 Å². The molecule has 0 unspecified atom stereocenters. The number of hydrogen-bond donors (Lipinski definition) is 1. The minimum Gasteiger partial charge on any atom is -0.336 e. The fourth-order valence-electron chi connectivity index (χ4n) is 1.85. The molecular formula is C13H10BrClN4. The Morgan fingerprint density at radius 1 is 1.37 bits per heavy atom. The van der Waals surface area contributed by atoms with E-state index in [1.54, 1.807) is 6.20 Å². The number of benzene rings is 1. The number of aromatic nitrogens is 3. The summed E-state index contributed by atoms with van der Waals surface area (Å²) >= 11 is 9.56. The van der Waals surface area contributed by atoms with Gasteiger partial charge in [-0.05, 0) is 40.5 Å². The standard InChI is InChI=1S/C13H10BrClN4/c1-8-2-3-9(15)10(6-8)17-12-13-16-4-5-19(13)7-11(14)18-12/h2-7H,1H3,(H,17,18). The highest BCUT2D eigenvalue weighted by molar-refractivity contribution is 9.10. The third kappa shape index (κ3) is 2.43. The minimum absolute atomic E-state index is 0.650. The molecular weight excluding hydrogens is 328 g/mol. The number of anilines is 2. The van der Waals surface area contributed by atoms with Gasteiger partial charge < -0.3 is 9.72 Å². The summed E-state index contributed by atoms with van der Waals surface area (Å²) in [5.41, 5.74) is 2.69. The maximum atomic E-state index is 6.18. The lowest BCUT2D eigenvalue weighted by atomic mass is 10.2. The van der Waals surface area contributed by atoms with Crippen molar-refractivity contribution >= 4 is 44.7 Å². The molecule has 0 aliphatic rings. The molecule has 1 aromatic carbocycles. The number of nitrogens with one attached hydrogen (secondary N) is 1. The van der Waals surface area contributed by atoms with E-state index in [2.05, 4.69) is 31.2 Å².